The summed E-state index contributed by atoms with van der Waals surface area (Å²) >= 11 is 0. The van der Waals surface area contributed by atoms with Crippen molar-refractivity contribution < 1.29 is 14.3 Å². The predicted octanol–water partition coefficient (Wildman–Crippen LogP) is 4.75. The van der Waals surface area contributed by atoms with Crippen molar-refractivity contribution in [3.8, 4) is 5.75 Å². The molecule has 3 heteroatoms. The van der Waals surface area contributed by atoms with Gasteiger partial charge in [-0.25, -0.2) is 0 Å². The number of ether oxygens (including phenoxy) is 2. The fourth-order valence-corrected chi connectivity index (χ4v) is 2.40. The van der Waals surface area contributed by atoms with E-state index >= 15 is 0 Å². The molecule has 2 rings (SSSR count). The monoisotopic (exact) mass is 326 g/mol. The van der Waals surface area contributed by atoms with E-state index in [0.29, 0.717) is 12.5 Å². The summed E-state index contributed by atoms with van der Waals surface area (Å²) in [6, 6.07) is 17.7. The van der Waals surface area contributed by atoms with Gasteiger partial charge in [-0.1, -0.05) is 56.3 Å². The molecular formula is C21H26O3. The van der Waals surface area contributed by atoms with Crippen LogP contribution in [0.4, 0.5) is 0 Å². The zero-order valence-corrected chi connectivity index (χ0v) is 14.7. The van der Waals surface area contributed by atoms with Crippen molar-refractivity contribution in [2.24, 2.45) is 0 Å². The van der Waals surface area contributed by atoms with Crippen molar-refractivity contribution in [1.82, 2.24) is 0 Å². The van der Waals surface area contributed by atoms with E-state index in [-0.39, 0.29) is 18.5 Å². The summed E-state index contributed by atoms with van der Waals surface area (Å²) in [5.74, 6) is 1.12. The van der Waals surface area contributed by atoms with Gasteiger partial charge in [0.25, 0.3) is 0 Å². The number of hydrogen-bond donors (Lipinski definition) is 0. The van der Waals surface area contributed by atoms with E-state index in [9.17, 15) is 4.79 Å². The summed E-state index contributed by atoms with van der Waals surface area (Å²) < 4.78 is 11.1. The normalized spacial score (nSPS) is 13.1. The van der Waals surface area contributed by atoms with Gasteiger partial charge in [-0.05, 0) is 42.5 Å². The molecule has 3 nitrogen and oxygen atoms in total. The second-order valence-electron chi connectivity index (χ2n) is 6.15. The van der Waals surface area contributed by atoms with E-state index in [2.05, 4.69) is 26.0 Å². The molecule has 0 aliphatic rings. The molecule has 0 saturated carbocycles. The lowest BCUT2D eigenvalue weighted by Crippen LogP contribution is -2.23. The zero-order valence-electron chi connectivity index (χ0n) is 14.7. The van der Waals surface area contributed by atoms with E-state index in [1.165, 1.54) is 5.56 Å². The van der Waals surface area contributed by atoms with Gasteiger partial charge in [0.2, 0.25) is 0 Å². The van der Waals surface area contributed by atoms with Crippen molar-refractivity contribution in [1.29, 1.82) is 0 Å². The van der Waals surface area contributed by atoms with Crippen LogP contribution in [0, 0.1) is 0 Å². The first-order chi connectivity index (χ1) is 11.6. The summed E-state index contributed by atoms with van der Waals surface area (Å²) in [6.45, 7) is 6.59. The Labute approximate surface area is 144 Å². The van der Waals surface area contributed by atoms with Gasteiger partial charge in [-0.3, -0.25) is 4.79 Å². The topological polar surface area (TPSA) is 35.5 Å². The van der Waals surface area contributed by atoms with E-state index in [1.54, 1.807) is 0 Å². The fraction of sp³-hybridized carbons (Fsp3) is 0.381. The Morgan fingerprint density at radius 3 is 2.29 bits per heavy atom. The average Bonchev–Trinajstić information content (AvgIpc) is 2.60. The lowest BCUT2D eigenvalue weighted by atomic mass is 9.99. The van der Waals surface area contributed by atoms with Crippen molar-refractivity contribution in [3.63, 3.8) is 0 Å². The van der Waals surface area contributed by atoms with Crippen LogP contribution < -0.4 is 4.74 Å². The maximum atomic E-state index is 11.9. The molecule has 128 valence electrons. The number of esters is 1. The molecule has 0 heterocycles. The average molecular weight is 326 g/mol. The number of carbonyl (C=O) groups is 1. The predicted molar refractivity (Wildman–Crippen MR) is 96.3 cm³/mol. The van der Waals surface area contributed by atoms with Crippen LogP contribution in [-0.4, -0.2) is 18.7 Å². The molecule has 0 radical (unpaired) electrons. The maximum Gasteiger partial charge on any atom is 0.310 e. The van der Waals surface area contributed by atoms with Gasteiger partial charge in [0.1, 0.15) is 18.5 Å². The highest BCUT2D eigenvalue weighted by atomic mass is 16.6. The van der Waals surface area contributed by atoms with Crippen LogP contribution in [0.25, 0.3) is 0 Å². The van der Waals surface area contributed by atoms with E-state index in [4.69, 9.17) is 9.47 Å². The number of benzene rings is 2. The van der Waals surface area contributed by atoms with Crippen LogP contribution in [0.3, 0.4) is 0 Å². The van der Waals surface area contributed by atoms with Crippen LogP contribution in [-0.2, 0) is 16.0 Å². The zero-order chi connectivity index (χ0) is 17.4. The molecule has 0 aromatic heterocycles. The molecule has 0 spiro atoms. The molecule has 0 aliphatic heterocycles. The Kier molecular flexibility index (Phi) is 6.86. The highest BCUT2D eigenvalue weighted by Gasteiger charge is 2.11. The molecule has 0 N–H and O–H groups in total. The molecule has 0 aliphatic carbocycles. The third-order valence-electron chi connectivity index (χ3n) is 4.07. The van der Waals surface area contributed by atoms with E-state index in [1.807, 2.05) is 49.4 Å². The molecular weight excluding hydrogens is 300 g/mol. The minimum atomic E-state index is -0.282. The first kappa shape index (κ1) is 18.1. The van der Waals surface area contributed by atoms with Crippen LogP contribution in [0.5, 0.6) is 5.75 Å². The van der Waals surface area contributed by atoms with E-state index < -0.39 is 0 Å². The summed E-state index contributed by atoms with van der Waals surface area (Å²) in [7, 11) is 0. The van der Waals surface area contributed by atoms with E-state index in [0.717, 1.165) is 17.7 Å². The third kappa shape index (κ3) is 5.73. The second-order valence-corrected chi connectivity index (χ2v) is 6.15. The van der Waals surface area contributed by atoms with Crippen molar-refractivity contribution in [3.05, 3.63) is 65.7 Å². The van der Waals surface area contributed by atoms with Gasteiger partial charge in [-0.2, -0.15) is 0 Å². The molecule has 0 bridgehead atoms. The van der Waals surface area contributed by atoms with Gasteiger partial charge in [-0.15, -0.1) is 0 Å². The summed E-state index contributed by atoms with van der Waals surface area (Å²) in [4.78, 5) is 11.9. The van der Waals surface area contributed by atoms with Gasteiger partial charge >= 0.3 is 5.97 Å². The standard InChI is InChI=1S/C21H26O3/c1-4-16(2)19-10-12-20(13-11-19)23-15-17(3)24-21(22)14-18-8-6-5-7-9-18/h5-13,16-17H,4,14-15H2,1-3H3/t16-,17+/m1/s1. The molecule has 24 heavy (non-hydrogen) atoms. The Bertz CT molecular complexity index is 619. The highest BCUT2D eigenvalue weighted by Crippen LogP contribution is 2.21. The quantitative estimate of drug-likeness (QED) is 0.657. The molecule has 0 saturated heterocycles. The Balaban J connectivity index is 1.76. The minimum Gasteiger partial charge on any atom is -0.490 e. The Morgan fingerprint density at radius 2 is 1.67 bits per heavy atom. The molecule has 0 fully saturated rings. The minimum absolute atomic E-state index is 0.232. The number of hydrogen-bond acceptors (Lipinski definition) is 3. The van der Waals surface area contributed by atoms with Crippen LogP contribution in [0.2, 0.25) is 0 Å². The SMILES string of the molecule is CC[C@@H](C)c1ccc(OC[C@H](C)OC(=O)Cc2ccccc2)cc1. The number of rotatable bonds is 8. The fourth-order valence-electron chi connectivity index (χ4n) is 2.40. The van der Waals surface area contributed by atoms with Gasteiger partial charge < -0.3 is 9.47 Å². The maximum absolute atomic E-state index is 11.9. The summed E-state index contributed by atoms with van der Waals surface area (Å²) in [6.07, 6.45) is 1.12. The first-order valence-electron chi connectivity index (χ1n) is 8.54. The van der Waals surface area contributed by atoms with Crippen LogP contribution in [0.15, 0.2) is 54.6 Å². The molecule has 0 unspecified atom stereocenters. The van der Waals surface area contributed by atoms with Crippen molar-refractivity contribution in [2.75, 3.05) is 6.61 Å². The Hall–Kier alpha value is -2.29. The first-order valence-corrected chi connectivity index (χ1v) is 8.54. The molecule has 2 aromatic carbocycles. The molecule has 2 atom stereocenters. The van der Waals surface area contributed by atoms with Gasteiger partial charge in [0, 0.05) is 0 Å². The lowest BCUT2D eigenvalue weighted by molar-refractivity contribution is -0.148. The summed E-state index contributed by atoms with van der Waals surface area (Å²) in [5.41, 5.74) is 2.27. The van der Waals surface area contributed by atoms with Crippen molar-refractivity contribution in [2.45, 2.75) is 45.6 Å². The lowest BCUT2D eigenvalue weighted by Gasteiger charge is -2.15. The third-order valence-corrected chi connectivity index (χ3v) is 4.07. The summed E-state index contributed by atoms with van der Waals surface area (Å²) in [5, 5.41) is 0. The van der Waals surface area contributed by atoms with Gasteiger partial charge in [0.05, 0.1) is 6.42 Å². The van der Waals surface area contributed by atoms with Gasteiger partial charge in [0.15, 0.2) is 0 Å². The van der Waals surface area contributed by atoms with Crippen molar-refractivity contribution >= 4 is 5.97 Å². The van der Waals surface area contributed by atoms with Crippen LogP contribution >= 0.6 is 0 Å². The Morgan fingerprint density at radius 1 is 1.00 bits per heavy atom. The largest absolute Gasteiger partial charge is 0.490 e. The highest BCUT2D eigenvalue weighted by molar-refractivity contribution is 5.72. The smallest absolute Gasteiger partial charge is 0.310 e. The number of carbonyl (C=O) groups excluding carboxylic acids is 1. The van der Waals surface area contributed by atoms with Crippen LogP contribution in [0.1, 0.15) is 44.2 Å². The molecule has 0 amide bonds. The second kappa shape index (κ2) is 9.11. The molecule has 2 aromatic rings.